The smallest absolute Gasteiger partial charge is 0.308 e. The largest absolute Gasteiger partial charge is 0.548 e. The van der Waals surface area contributed by atoms with Crippen molar-refractivity contribution in [3.05, 3.63) is 41.5 Å². The first-order chi connectivity index (χ1) is 7.36. The fourth-order valence-corrected chi connectivity index (χ4v) is 2.35. The molecule has 4 heteroatoms. The quantitative estimate of drug-likeness (QED) is 0.696. The average molecular weight is 203 g/mol. The van der Waals surface area contributed by atoms with Crippen molar-refractivity contribution >= 4 is 5.97 Å². The molecule has 1 unspecified atom stereocenters. The van der Waals surface area contributed by atoms with E-state index in [4.69, 9.17) is 0 Å². The van der Waals surface area contributed by atoms with Gasteiger partial charge >= 0.3 is 5.97 Å². The molecule has 2 atom stereocenters. The molecule has 2 fully saturated rings. The van der Waals surface area contributed by atoms with Crippen LogP contribution in [0.1, 0.15) is 17.9 Å². The fraction of sp³-hybridized carbons (Fsp3) is 0.364. The van der Waals surface area contributed by atoms with Gasteiger partial charge in [0.1, 0.15) is 0 Å². The van der Waals surface area contributed by atoms with Crippen molar-refractivity contribution in [2.24, 2.45) is 0 Å². The Morgan fingerprint density at radius 2 is 2.13 bits per heavy atom. The minimum Gasteiger partial charge on any atom is -0.548 e. The molecule has 0 radical (unpaired) electrons. The number of hydrogen-bond donors (Lipinski definition) is 0. The summed E-state index contributed by atoms with van der Waals surface area (Å²) in [6, 6.07) is 9.88. The van der Waals surface area contributed by atoms with Gasteiger partial charge in [-0.25, -0.2) is 0 Å². The van der Waals surface area contributed by atoms with E-state index in [9.17, 15) is 4.79 Å². The topological polar surface area (TPSA) is 43.6 Å². The molecule has 3 rings (SSSR count). The second-order valence-electron chi connectivity index (χ2n) is 3.91. The van der Waals surface area contributed by atoms with Crippen LogP contribution in [0.5, 0.6) is 0 Å². The SMILES string of the molecule is O=C1O[N-]N2CC[C@H](c3ccccc3)C12. The number of nitrogens with zero attached hydrogens (tertiary/aromatic N) is 2. The van der Waals surface area contributed by atoms with Gasteiger partial charge in [-0.2, -0.15) is 0 Å². The lowest BCUT2D eigenvalue weighted by Gasteiger charge is -2.23. The monoisotopic (exact) mass is 203 g/mol. The summed E-state index contributed by atoms with van der Waals surface area (Å²) in [5.41, 5.74) is 4.93. The first kappa shape index (κ1) is 8.88. The lowest BCUT2D eigenvalue weighted by atomic mass is 9.92. The summed E-state index contributed by atoms with van der Waals surface area (Å²) in [4.78, 5) is 16.2. The van der Waals surface area contributed by atoms with Gasteiger partial charge in [0.25, 0.3) is 0 Å². The first-order valence-corrected chi connectivity index (χ1v) is 5.09. The van der Waals surface area contributed by atoms with Gasteiger partial charge in [0, 0.05) is 5.92 Å². The van der Waals surface area contributed by atoms with E-state index in [2.05, 4.69) is 22.6 Å². The molecule has 2 heterocycles. The lowest BCUT2D eigenvalue weighted by molar-refractivity contribution is -0.137. The van der Waals surface area contributed by atoms with Gasteiger partial charge in [-0.05, 0) is 18.5 Å². The van der Waals surface area contributed by atoms with Gasteiger partial charge in [-0.15, -0.1) is 0 Å². The van der Waals surface area contributed by atoms with Crippen LogP contribution >= 0.6 is 0 Å². The Balaban J connectivity index is 1.92. The molecule has 2 aliphatic heterocycles. The molecule has 0 spiro atoms. The lowest BCUT2D eigenvalue weighted by Crippen LogP contribution is -2.28. The highest BCUT2D eigenvalue weighted by Crippen LogP contribution is 2.39. The number of rotatable bonds is 1. The Morgan fingerprint density at radius 3 is 2.93 bits per heavy atom. The molecule has 1 aromatic carbocycles. The molecule has 0 aliphatic carbocycles. The van der Waals surface area contributed by atoms with Crippen LogP contribution in [-0.4, -0.2) is 23.6 Å². The molecule has 78 valence electrons. The molecule has 0 N–H and O–H groups in total. The molecule has 0 amide bonds. The van der Waals surface area contributed by atoms with E-state index in [1.54, 1.807) is 5.01 Å². The van der Waals surface area contributed by atoms with E-state index in [1.165, 1.54) is 5.56 Å². The molecular weight excluding hydrogens is 192 g/mol. The molecular formula is C11H11N2O2-. The maximum Gasteiger partial charge on any atom is 0.308 e. The van der Waals surface area contributed by atoms with Gasteiger partial charge in [-0.1, -0.05) is 30.3 Å². The molecule has 1 aromatic rings. The van der Waals surface area contributed by atoms with E-state index >= 15 is 0 Å². The van der Waals surface area contributed by atoms with Gasteiger partial charge in [0.15, 0.2) is 0 Å². The predicted octanol–water partition coefficient (Wildman–Crippen LogP) is 1.60. The summed E-state index contributed by atoms with van der Waals surface area (Å²) in [7, 11) is 0. The minimum absolute atomic E-state index is 0.201. The Morgan fingerprint density at radius 1 is 1.33 bits per heavy atom. The van der Waals surface area contributed by atoms with Crippen molar-refractivity contribution in [1.29, 1.82) is 0 Å². The zero-order valence-electron chi connectivity index (χ0n) is 8.17. The van der Waals surface area contributed by atoms with Crippen molar-refractivity contribution in [2.75, 3.05) is 6.54 Å². The Labute approximate surface area is 87.8 Å². The molecule has 4 nitrogen and oxygen atoms in total. The molecule has 2 aliphatic rings. The molecule has 2 saturated heterocycles. The summed E-state index contributed by atoms with van der Waals surface area (Å²) in [5.74, 6) is 0.00584. The zero-order chi connectivity index (χ0) is 10.3. The van der Waals surface area contributed by atoms with Gasteiger partial charge in [0.2, 0.25) is 0 Å². The number of hydrogen-bond acceptors (Lipinski definition) is 3. The highest BCUT2D eigenvalue weighted by Gasteiger charge is 2.40. The van der Waals surface area contributed by atoms with Crippen LogP contribution in [-0.2, 0) is 9.63 Å². The third kappa shape index (κ3) is 1.33. The number of benzene rings is 1. The maximum absolute atomic E-state index is 11.5. The summed E-state index contributed by atoms with van der Waals surface area (Å²) in [6.07, 6.45) is 0.966. The van der Waals surface area contributed by atoms with Crippen LogP contribution < -0.4 is 0 Å². The molecule has 15 heavy (non-hydrogen) atoms. The summed E-state index contributed by atoms with van der Waals surface area (Å²) >= 11 is 0. The van der Waals surface area contributed by atoms with E-state index in [1.807, 2.05) is 18.2 Å². The van der Waals surface area contributed by atoms with E-state index in [-0.39, 0.29) is 17.9 Å². The van der Waals surface area contributed by atoms with Crippen LogP contribution in [0.3, 0.4) is 0 Å². The summed E-state index contributed by atoms with van der Waals surface area (Å²) in [6.45, 7) is 0.802. The second-order valence-corrected chi connectivity index (χ2v) is 3.91. The second kappa shape index (κ2) is 3.32. The van der Waals surface area contributed by atoms with Crippen molar-refractivity contribution < 1.29 is 9.63 Å². The van der Waals surface area contributed by atoms with Gasteiger partial charge in [0.05, 0.1) is 6.04 Å². The predicted molar refractivity (Wildman–Crippen MR) is 53.7 cm³/mol. The third-order valence-corrected chi connectivity index (χ3v) is 3.08. The Hall–Kier alpha value is -1.39. The Kier molecular flexibility index (Phi) is 1.97. The fourth-order valence-electron chi connectivity index (χ4n) is 2.35. The highest BCUT2D eigenvalue weighted by molar-refractivity contribution is 5.80. The van der Waals surface area contributed by atoms with Crippen molar-refractivity contribution in [1.82, 2.24) is 5.01 Å². The van der Waals surface area contributed by atoms with E-state index in [0.29, 0.717) is 0 Å². The van der Waals surface area contributed by atoms with Crippen LogP contribution in [0.2, 0.25) is 0 Å². The zero-order valence-corrected chi connectivity index (χ0v) is 8.17. The first-order valence-electron chi connectivity index (χ1n) is 5.09. The van der Waals surface area contributed by atoms with Gasteiger partial charge < -0.3 is 15.4 Å². The number of fused-ring (bicyclic) bond motifs is 1. The van der Waals surface area contributed by atoms with Gasteiger partial charge in [-0.3, -0.25) is 4.79 Å². The normalized spacial score (nSPS) is 30.3. The third-order valence-electron chi connectivity index (χ3n) is 3.08. The number of carbonyl (C=O) groups is 1. The van der Waals surface area contributed by atoms with E-state index in [0.717, 1.165) is 13.0 Å². The van der Waals surface area contributed by atoms with Crippen LogP contribution in [0.4, 0.5) is 0 Å². The van der Waals surface area contributed by atoms with Crippen molar-refractivity contribution in [3.8, 4) is 0 Å². The van der Waals surface area contributed by atoms with E-state index < -0.39 is 0 Å². The molecule has 0 saturated carbocycles. The van der Waals surface area contributed by atoms with Crippen molar-refractivity contribution in [2.45, 2.75) is 18.4 Å². The molecule has 0 aromatic heterocycles. The van der Waals surface area contributed by atoms with Crippen LogP contribution in [0.25, 0.3) is 5.59 Å². The Bertz CT molecular complexity index is 379. The van der Waals surface area contributed by atoms with Crippen molar-refractivity contribution in [3.63, 3.8) is 0 Å². The average Bonchev–Trinajstić information content (AvgIpc) is 2.84. The standard InChI is InChI=1S/C11H11N2O2/c14-11-10-9(6-7-13(10)12-15-11)8-4-2-1-3-5-8/h1-5,9-10H,6-7H2/q-1/t9-,10?/m1/s1. The van der Waals surface area contributed by atoms with Crippen LogP contribution in [0.15, 0.2) is 30.3 Å². The van der Waals surface area contributed by atoms with Crippen LogP contribution in [0, 0.1) is 0 Å². The number of carbonyl (C=O) groups excluding carboxylic acids is 1. The summed E-state index contributed by atoms with van der Waals surface area (Å²) < 4.78 is 0. The molecule has 0 bridgehead atoms. The maximum atomic E-state index is 11.5. The summed E-state index contributed by atoms with van der Waals surface area (Å²) in [5, 5.41) is 1.75. The highest BCUT2D eigenvalue weighted by atomic mass is 16.7. The minimum atomic E-state index is -0.221.